The van der Waals surface area contributed by atoms with Crippen LogP contribution in [-0.4, -0.2) is 41.8 Å². The van der Waals surface area contributed by atoms with Gasteiger partial charge in [-0.15, -0.1) is 0 Å². The fraction of sp³-hybridized carbons (Fsp3) is 0.360. The lowest BCUT2D eigenvalue weighted by Crippen LogP contribution is -2.65. The van der Waals surface area contributed by atoms with Crippen LogP contribution in [0, 0.1) is 5.41 Å². The first kappa shape index (κ1) is 18.9. The van der Waals surface area contributed by atoms with E-state index in [0.717, 1.165) is 23.9 Å². The largest absolute Gasteiger partial charge is 0.359 e. The zero-order valence-electron chi connectivity index (χ0n) is 17.3. The van der Waals surface area contributed by atoms with E-state index in [1.165, 1.54) is 29.5 Å². The Balaban J connectivity index is 1.41. The summed E-state index contributed by atoms with van der Waals surface area (Å²) in [6.07, 6.45) is 5.17. The summed E-state index contributed by atoms with van der Waals surface area (Å²) in [6, 6.07) is 16.0. The molecule has 0 spiro atoms. The van der Waals surface area contributed by atoms with Crippen molar-refractivity contribution < 1.29 is 9.59 Å². The van der Waals surface area contributed by atoms with Crippen LogP contribution in [0.4, 0.5) is 0 Å². The molecule has 154 valence electrons. The van der Waals surface area contributed by atoms with Gasteiger partial charge in [0.1, 0.15) is 0 Å². The van der Waals surface area contributed by atoms with Crippen molar-refractivity contribution in [3.8, 4) is 0 Å². The van der Waals surface area contributed by atoms with E-state index in [2.05, 4.69) is 16.4 Å². The minimum absolute atomic E-state index is 0.00366. The summed E-state index contributed by atoms with van der Waals surface area (Å²) < 4.78 is 0. The maximum Gasteiger partial charge on any atom is 0.256 e. The monoisotopic (exact) mass is 401 g/mol. The number of carbonyl (C=O) groups excluding carboxylic acids is 2. The number of para-hydroxylation sites is 1. The zero-order valence-corrected chi connectivity index (χ0v) is 17.3. The van der Waals surface area contributed by atoms with E-state index in [1.807, 2.05) is 47.4 Å². The molecule has 0 atom stereocenters. The maximum atomic E-state index is 13.4. The molecule has 5 rings (SSSR count). The van der Waals surface area contributed by atoms with Crippen LogP contribution in [0.2, 0.25) is 0 Å². The van der Waals surface area contributed by atoms with E-state index in [1.54, 1.807) is 7.05 Å². The average molecular weight is 402 g/mol. The highest BCUT2D eigenvalue weighted by molar-refractivity contribution is 6.07. The fourth-order valence-corrected chi connectivity index (χ4v) is 5.19. The minimum Gasteiger partial charge on any atom is -0.359 e. The number of amides is 2. The predicted molar refractivity (Wildman–Crippen MR) is 117 cm³/mol. The Morgan fingerprint density at radius 2 is 1.80 bits per heavy atom. The summed E-state index contributed by atoms with van der Waals surface area (Å²) in [6.45, 7) is 0.883. The Hall–Kier alpha value is -3.08. The van der Waals surface area contributed by atoms with Crippen LogP contribution in [0.25, 0.3) is 10.9 Å². The molecule has 1 aliphatic carbocycles. The Morgan fingerprint density at radius 1 is 1.03 bits per heavy atom. The van der Waals surface area contributed by atoms with Gasteiger partial charge >= 0.3 is 0 Å². The van der Waals surface area contributed by atoms with Crippen LogP contribution < -0.4 is 5.32 Å². The van der Waals surface area contributed by atoms with Gasteiger partial charge in [0.05, 0.1) is 16.5 Å². The summed E-state index contributed by atoms with van der Waals surface area (Å²) in [7, 11) is 1.67. The number of nitrogens with one attached hydrogen (secondary N) is 2. The van der Waals surface area contributed by atoms with Crippen molar-refractivity contribution in [2.45, 2.75) is 32.1 Å². The molecule has 1 aromatic heterocycles. The Labute approximate surface area is 176 Å². The number of aromatic nitrogens is 1. The first-order chi connectivity index (χ1) is 14.6. The van der Waals surface area contributed by atoms with Gasteiger partial charge in [0.25, 0.3) is 5.91 Å². The maximum absolute atomic E-state index is 13.4. The Bertz CT molecular complexity index is 1110. The quantitative estimate of drug-likeness (QED) is 0.703. The second kappa shape index (κ2) is 7.31. The number of carbonyl (C=O) groups is 2. The number of rotatable bonds is 4. The summed E-state index contributed by atoms with van der Waals surface area (Å²) in [5, 5.41) is 3.99. The second-order valence-electron chi connectivity index (χ2n) is 8.70. The fourth-order valence-electron chi connectivity index (χ4n) is 5.19. The summed E-state index contributed by atoms with van der Waals surface area (Å²) >= 11 is 0. The first-order valence-electron chi connectivity index (χ1n) is 10.8. The number of fused-ring (bicyclic) bond motifs is 3. The molecule has 2 aromatic carbocycles. The SMILES string of the molecule is CNC(=O)C1(Cc2ccccc2)CN(C(=O)c2cccc3c4c([nH]c23)CCCC4)C1. The molecule has 2 amide bonds. The minimum atomic E-state index is -0.561. The van der Waals surface area contributed by atoms with Crippen molar-refractivity contribution in [3.63, 3.8) is 0 Å². The van der Waals surface area contributed by atoms with Crippen LogP contribution in [-0.2, 0) is 24.1 Å². The van der Waals surface area contributed by atoms with E-state index >= 15 is 0 Å². The van der Waals surface area contributed by atoms with Gasteiger partial charge in [-0.1, -0.05) is 42.5 Å². The van der Waals surface area contributed by atoms with Gasteiger partial charge in [0.15, 0.2) is 0 Å². The zero-order chi connectivity index (χ0) is 20.7. The molecule has 2 aliphatic rings. The topological polar surface area (TPSA) is 65.2 Å². The third kappa shape index (κ3) is 3.00. The molecule has 1 saturated heterocycles. The van der Waals surface area contributed by atoms with Gasteiger partial charge in [0.2, 0.25) is 5.91 Å². The van der Waals surface area contributed by atoms with E-state index in [9.17, 15) is 9.59 Å². The van der Waals surface area contributed by atoms with Crippen LogP contribution >= 0.6 is 0 Å². The molecule has 0 unspecified atom stereocenters. The number of likely N-dealkylation sites (tertiary alicyclic amines) is 1. The number of hydrogen-bond acceptors (Lipinski definition) is 2. The van der Waals surface area contributed by atoms with Gasteiger partial charge in [-0.3, -0.25) is 9.59 Å². The number of benzene rings is 2. The number of nitrogens with zero attached hydrogens (tertiary/aromatic N) is 1. The third-order valence-electron chi connectivity index (χ3n) is 6.73. The highest BCUT2D eigenvalue weighted by atomic mass is 16.2. The van der Waals surface area contributed by atoms with Crippen molar-refractivity contribution in [1.29, 1.82) is 0 Å². The van der Waals surface area contributed by atoms with Crippen molar-refractivity contribution >= 4 is 22.7 Å². The molecule has 3 aromatic rings. The van der Waals surface area contributed by atoms with E-state index in [4.69, 9.17) is 0 Å². The number of H-pyrrole nitrogens is 1. The molecular weight excluding hydrogens is 374 g/mol. The molecular formula is C25H27N3O2. The van der Waals surface area contributed by atoms with Crippen molar-refractivity contribution in [3.05, 3.63) is 70.9 Å². The van der Waals surface area contributed by atoms with Crippen molar-refractivity contribution in [2.75, 3.05) is 20.1 Å². The van der Waals surface area contributed by atoms with Gasteiger partial charge in [-0.05, 0) is 49.3 Å². The van der Waals surface area contributed by atoms with Crippen LogP contribution in [0.3, 0.4) is 0 Å². The third-order valence-corrected chi connectivity index (χ3v) is 6.73. The Kier molecular flexibility index (Phi) is 4.61. The van der Waals surface area contributed by atoms with Gasteiger partial charge in [-0.2, -0.15) is 0 Å². The molecule has 5 nitrogen and oxygen atoms in total. The normalized spacial score (nSPS) is 17.3. The molecule has 0 bridgehead atoms. The predicted octanol–water partition coefficient (Wildman–Crippen LogP) is 3.48. The van der Waals surface area contributed by atoms with E-state index in [0.29, 0.717) is 25.1 Å². The molecule has 0 saturated carbocycles. The Morgan fingerprint density at radius 3 is 2.57 bits per heavy atom. The number of aryl methyl sites for hydroxylation is 2. The van der Waals surface area contributed by atoms with E-state index < -0.39 is 5.41 Å². The summed E-state index contributed by atoms with van der Waals surface area (Å²) in [5.74, 6) is 0.00994. The molecule has 1 fully saturated rings. The first-order valence-corrected chi connectivity index (χ1v) is 10.8. The van der Waals surface area contributed by atoms with Crippen molar-refractivity contribution in [1.82, 2.24) is 15.2 Å². The summed E-state index contributed by atoms with van der Waals surface area (Å²) in [4.78, 5) is 31.4. The smallest absolute Gasteiger partial charge is 0.256 e. The van der Waals surface area contributed by atoms with Crippen LogP contribution in [0.1, 0.15) is 40.0 Å². The number of hydrogen-bond donors (Lipinski definition) is 2. The summed E-state index contributed by atoms with van der Waals surface area (Å²) in [5.41, 5.74) is 4.88. The lowest BCUT2D eigenvalue weighted by Gasteiger charge is -2.48. The highest BCUT2D eigenvalue weighted by Crippen LogP contribution is 2.37. The molecule has 2 heterocycles. The van der Waals surface area contributed by atoms with Gasteiger partial charge in [0, 0.05) is 31.2 Å². The highest BCUT2D eigenvalue weighted by Gasteiger charge is 2.50. The molecule has 2 N–H and O–H groups in total. The standard InChI is InChI=1S/C25H27N3O2/c1-26-24(30)25(14-17-8-3-2-4-9-17)15-28(16-25)23(29)20-12-7-11-19-18-10-5-6-13-21(18)27-22(19)20/h2-4,7-9,11-12,27H,5-6,10,13-16H2,1H3,(H,26,30). The van der Waals surface area contributed by atoms with Crippen LogP contribution in [0.5, 0.6) is 0 Å². The van der Waals surface area contributed by atoms with E-state index in [-0.39, 0.29) is 11.8 Å². The van der Waals surface area contributed by atoms with Gasteiger partial charge < -0.3 is 15.2 Å². The number of aromatic amines is 1. The lowest BCUT2D eigenvalue weighted by atomic mass is 9.73. The van der Waals surface area contributed by atoms with Gasteiger partial charge in [-0.25, -0.2) is 0 Å². The molecule has 5 heteroatoms. The van der Waals surface area contributed by atoms with Crippen LogP contribution in [0.15, 0.2) is 48.5 Å². The molecule has 30 heavy (non-hydrogen) atoms. The molecule has 1 aliphatic heterocycles. The average Bonchev–Trinajstić information content (AvgIpc) is 3.14. The second-order valence-corrected chi connectivity index (χ2v) is 8.70. The molecule has 0 radical (unpaired) electrons. The van der Waals surface area contributed by atoms with Crippen molar-refractivity contribution in [2.24, 2.45) is 5.41 Å². The lowest BCUT2D eigenvalue weighted by molar-refractivity contribution is -0.138.